The molecular weight excluding hydrogens is 196 g/mol. The number of hydrogen-bond acceptors (Lipinski definition) is 2. The van der Waals surface area contributed by atoms with Crippen molar-refractivity contribution in [2.24, 2.45) is 35.5 Å². The molecule has 0 aromatic rings. The van der Waals surface area contributed by atoms with Crippen molar-refractivity contribution in [1.82, 2.24) is 0 Å². The van der Waals surface area contributed by atoms with E-state index < -0.39 is 11.9 Å². The van der Waals surface area contributed by atoms with Crippen molar-refractivity contribution in [2.45, 2.75) is 6.42 Å². The zero-order valence-electron chi connectivity index (χ0n) is 7.88. The lowest BCUT2D eigenvalue weighted by Crippen LogP contribution is -2.18. The summed E-state index contributed by atoms with van der Waals surface area (Å²) in [5.41, 5.74) is 0.470. The van der Waals surface area contributed by atoms with Crippen LogP contribution in [0.3, 0.4) is 0 Å². The molecular formula is C11H10O4. The molecule has 5 aliphatic rings. The maximum absolute atomic E-state index is 11.1. The predicted octanol–water partition coefficient (Wildman–Crippen LogP) is 0.594. The molecule has 0 spiro atoms. The first kappa shape index (κ1) is 7.91. The van der Waals surface area contributed by atoms with Crippen LogP contribution >= 0.6 is 0 Å². The summed E-state index contributed by atoms with van der Waals surface area (Å²) in [6, 6.07) is 0. The molecule has 4 heteroatoms. The van der Waals surface area contributed by atoms with Gasteiger partial charge in [0.1, 0.15) is 0 Å². The van der Waals surface area contributed by atoms with Crippen LogP contribution in [0.25, 0.3) is 0 Å². The third kappa shape index (κ3) is 0.610. The van der Waals surface area contributed by atoms with Crippen LogP contribution in [-0.4, -0.2) is 22.2 Å². The molecule has 5 rings (SSSR count). The molecule has 78 valence electrons. The average molecular weight is 206 g/mol. The van der Waals surface area contributed by atoms with E-state index in [0.717, 1.165) is 6.42 Å². The number of carbonyl (C=O) groups is 2. The van der Waals surface area contributed by atoms with Gasteiger partial charge in [0.15, 0.2) is 0 Å². The topological polar surface area (TPSA) is 74.6 Å². The highest BCUT2D eigenvalue weighted by molar-refractivity contribution is 6.02. The highest BCUT2D eigenvalue weighted by Crippen LogP contribution is 2.81. The zero-order chi connectivity index (χ0) is 10.5. The summed E-state index contributed by atoms with van der Waals surface area (Å²) >= 11 is 0. The lowest BCUT2D eigenvalue weighted by molar-refractivity contribution is -0.136. The minimum Gasteiger partial charge on any atom is -0.478 e. The molecule has 15 heavy (non-hydrogen) atoms. The summed E-state index contributed by atoms with van der Waals surface area (Å²) in [4.78, 5) is 22.2. The molecule has 0 radical (unpaired) electrons. The number of hydrogen-bond donors (Lipinski definition) is 2. The van der Waals surface area contributed by atoms with Crippen molar-refractivity contribution in [3.05, 3.63) is 11.1 Å². The number of carboxylic acids is 2. The fourth-order valence-electron chi connectivity index (χ4n) is 4.84. The van der Waals surface area contributed by atoms with E-state index >= 15 is 0 Å². The fraction of sp³-hybridized carbons (Fsp3) is 0.636. The predicted molar refractivity (Wildman–Crippen MR) is 47.9 cm³/mol. The van der Waals surface area contributed by atoms with E-state index in [4.69, 9.17) is 10.2 Å². The third-order valence-corrected chi connectivity index (χ3v) is 5.01. The molecule has 4 saturated carbocycles. The van der Waals surface area contributed by atoms with Crippen LogP contribution in [0.1, 0.15) is 6.42 Å². The van der Waals surface area contributed by atoms with E-state index in [-0.39, 0.29) is 23.0 Å². The first-order valence-corrected chi connectivity index (χ1v) is 5.33. The summed E-state index contributed by atoms with van der Waals surface area (Å²) in [5, 5.41) is 18.2. The van der Waals surface area contributed by atoms with Crippen molar-refractivity contribution < 1.29 is 19.8 Å². The zero-order valence-corrected chi connectivity index (χ0v) is 7.88. The van der Waals surface area contributed by atoms with Gasteiger partial charge in [-0.05, 0) is 41.9 Å². The van der Waals surface area contributed by atoms with Gasteiger partial charge in [-0.2, -0.15) is 0 Å². The first-order chi connectivity index (χ1) is 7.13. The molecule has 4 nitrogen and oxygen atoms in total. The molecule has 2 unspecified atom stereocenters. The maximum atomic E-state index is 11.1. The second kappa shape index (κ2) is 1.96. The van der Waals surface area contributed by atoms with Crippen LogP contribution in [0.4, 0.5) is 0 Å². The molecule has 0 amide bonds. The molecule has 0 heterocycles. The Hall–Kier alpha value is -1.32. The SMILES string of the molecule is O=C(O)C1=C(C(=O)O)[C@H]2C3CC4[C@H]([C@H]42)[C@@H]13. The minimum atomic E-state index is -1.00. The molecule has 5 aliphatic carbocycles. The summed E-state index contributed by atoms with van der Waals surface area (Å²) in [5.74, 6) is 0.191. The largest absolute Gasteiger partial charge is 0.478 e. The summed E-state index contributed by atoms with van der Waals surface area (Å²) in [7, 11) is 0. The Morgan fingerprint density at radius 1 is 0.933 bits per heavy atom. The van der Waals surface area contributed by atoms with Gasteiger partial charge in [-0.3, -0.25) is 0 Å². The van der Waals surface area contributed by atoms with E-state index in [1.54, 1.807) is 0 Å². The Morgan fingerprint density at radius 2 is 1.40 bits per heavy atom. The molecule has 2 N–H and O–H groups in total. The van der Waals surface area contributed by atoms with E-state index in [1.807, 2.05) is 0 Å². The van der Waals surface area contributed by atoms with Crippen LogP contribution < -0.4 is 0 Å². The van der Waals surface area contributed by atoms with Crippen LogP contribution in [0.2, 0.25) is 0 Å². The lowest BCUT2D eigenvalue weighted by Gasteiger charge is -2.12. The van der Waals surface area contributed by atoms with Crippen LogP contribution in [0.5, 0.6) is 0 Å². The number of carboxylic acid groups (broad SMARTS) is 2. The van der Waals surface area contributed by atoms with Gasteiger partial charge in [0.25, 0.3) is 0 Å². The Morgan fingerprint density at radius 3 is 1.73 bits per heavy atom. The molecule has 6 atom stereocenters. The van der Waals surface area contributed by atoms with Gasteiger partial charge in [-0.1, -0.05) is 0 Å². The summed E-state index contributed by atoms with van der Waals surface area (Å²) in [6.45, 7) is 0. The lowest BCUT2D eigenvalue weighted by atomic mass is 9.92. The van der Waals surface area contributed by atoms with E-state index in [2.05, 4.69) is 0 Å². The second-order valence-corrected chi connectivity index (χ2v) is 5.21. The van der Waals surface area contributed by atoms with Crippen molar-refractivity contribution in [1.29, 1.82) is 0 Å². The van der Waals surface area contributed by atoms with Gasteiger partial charge < -0.3 is 10.2 Å². The van der Waals surface area contributed by atoms with Crippen molar-refractivity contribution in [3.8, 4) is 0 Å². The molecule has 0 saturated heterocycles. The first-order valence-electron chi connectivity index (χ1n) is 5.33. The van der Waals surface area contributed by atoms with Crippen molar-refractivity contribution in [2.75, 3.05) is 0 Å². The van der Waals surface area contributed by atoms with Gasteiger partial charge in [0.05, 0.1) is 11.1 Å². The number of aliphatic carboxylic acids is 2. The highest BCUT2D eigenvalue weighted by Gasteiger charge is 2.79. The monoisotopic (exact) mass is 206 g/mol. The van der Waals surface area contributed by atoms with Gasteiger partial charge in [0, 0.05) is 0 Å². The second-order valence-electron chi connectivity index (χ2n) is 5.21. The van der Waals surface area contributed by atoms with E-state index in [0.29, 0.717) is 23.7 Å². The normalized spacial score (nSPS) is 52.5. The smallest absolute Gasteiger partial charge is 0.332 e. The van der Waals surface area contributed by atoms with Crippen molar-refractivity contribution >= 4 is 11.9 Å². The third-order valence-electron chi connectivity index (χ3n) is 5.01. The Labute approximate surface area is 85.6 Å². The Balaban J connectivity index is 1.92. The standard InChI is InChI=1S/C11H10O4/c12-10(13)8-6-3-1-2-4(6)5(2)7(3)9(8)11(14)15/h2-7H,1H2,(H,12,13)(H,14,15)/t2?,3?,4-,5+,6-,7-/m0/s1. The molecule has 6 bridgehead atoms. The fourth-order valence-corrected chi connectivity index (χ4v) is 4.84. The summed E-state index contributed by atoms with van der Waals surface area (Å²) < 4.78 is 0. The van der Waals surface area contributed by atoms with Gasteiger partial charge in [-0.25, -0.2) is 9.59 Å². The average Bonchev–Trinajstić information content (AvgIpc) is 2.55. The van der Waals surface area contributed by atoms with E-state index in [1.165, 1.54) is 0 Å². The van der Waals surface area contributed by atoms with Gasteiger partial charge in [0.2, 0.25) is 0 Å². The van der Waals surface area contributed by atoms with Crippen LogP contribution in [-0.2, 0) is 9.59 Å². The van der Waals surface area contributed by atoms with Crippen LogP contribution in [0, 0.1) is 35.5 Å². The quantitative estimate of drug-likeness (QED) is 0.693. The molecule has 0 aromatic heterocycles. The molecule has 4 fully saturated rings. The van der Waals surface area contributed by atoms with Crippen molar-refractivity contribution in [3.63, 3.8) is 0 Å². The minimum absolute atomic E-state index is 0.0774. The van der Waals surface area contributed by atoms with E-state index in [9.17, 15) is 9.59 Å². The Bertz CT molecular complexity index is 412. The summed E-state index contributed by atoms with van der Waals surface area (Å²) in [6.07, 6.45) is 1.07. The van der Waals surface area contributed by atoms with Crippen LogP contribution in [0.15, 0.2) is 11.1 Å². The number of rotatable bonds is 2. The van der Waals surface area contributed by atoms with Gasteiger partial charge >= 0.3 is 11.9 Å². The van der Waals surface area contributed by atoms with Gasteiger partial charge in [-0.15, -0.1) is 0 Å². The molecule has 0 aromatic carbocycles. The Kier molecular flexibility index (Phi) is 1.03. The maximum Gasteiger partial charge on any atom is 0.332 e. The highest BCUT2D eigenvalue weighted by atomic mass is 16.4. The molecule has 0 aliphatic heterocycles.